The van der Waals surface area contributed by atoms with E-state index in [4.69, 9.17) is 11.6 Å². The van der Waals surface area contributed by atoms with Crippen LogP contribution in [0.4, 0.5) is 0 Å². The fraction of sp³-hybridized carbons (Fsp3) is 0.0625. The number of hydrogen-bond acceptors (Lipinski definition) is 4. The van der Waals surface area contributed by atoms with Gasteiger partial charge in [-0.3, -0.25) is 14.5 Å². The van der Waals surface area contributed by atoms with Crippen LogP contribution in [0, 0.1) is 0 Å². The Morgan fingerprint density at radius 1 is 1.09 bits per heavy atom. The molecule has 5 nitrogen and oxygen atoms in total. The summed E-state index contributed by atoms with van der Waals surface area (Å²) in [5.41, 5.74) is 0.684. The number of nitrogens with zero attached hydrogens (tertiary/aromatic N) is 1. The zero-order valence-corrected chi connectivity index (χ0v) is 13.4. The van der Waals surface area contributed by atoms with Gasteiger partial charge in [0.2, 0.25) is 0 Å². The molecule has 0 unspecified atom stereocenters. The Kier molecular flexibility index (Phi) is 3.87. The molecule has 2 amide bonds. The summed E-state index contributed by atoms with van der Waals surface area (Å²) in [5, 5.41) is 9.52. The molecule has 2 aromatic carbocycles. The Balaban J connectivity index is 2.05. The number of carbonyl (C=O) groups is 3. The van der Waals surface area contributed by atoms with Crippen molar-refractivity contribution in [2.75, 3.05) is 7.05 Å². The van der Waals surface area contributed by atoms with E-state index in [2.05, 4.69) is 0 Å². The van der Waals surface area contributed by atoms with Gasteiger partial charge < -0.3 is 5.11 Å². The summed E-state index contributed by atoms with van der Waals surface area (Å²) in [5.74, 6) is -1.83. The van der Waals surface area contributed by atoms with E-state index in [-0.39, 0.29) is 16.7 Å². The third kappa shape index (κ3) is 2.60. The minimum absolute atomic E-state index is 0.147. The zero-order valence-electron chi connectivity index (χ0n) is 11.9. The van der Waals surface area contributed by atoms with Crippen molar-refractivity contribution in [2.24, 2.45) is 0 Å². The van der Waals surface area contributed by atoms with Crippen LogP contribution in [0.25, 0.3) is 0 Å². The number of amides is 2. The van der Waals surface area contributed by atoms with Gasteiger partial charge >= 0.3 is 5.97 Å². The zero-order chi connectivity index (χ0) is 16.7. The molecular formula is C16H10ClNO4S. The van der Waals surface area contributed by atoms with E-state index in [1.165, 1.54) is 25.2 Å². The Morgan fingerprint density at radius 2 is 1.70 bits per heavy atom. The maximum absolute atomic E-state index is 12.1. The molecule has 0 bridgehead atoms. The third-order valence-corrected chi connectivity index (χ3v) is 5.04. The van der Waals surface area contributed by atoms with Gasteiger partial charge in [0.05, 0.1) is 21.7 Å². The Labute approximate surface area is 140 Å². The van der Waals surface area contributed by atoms with Gasteiger partial charge in [0.25, 0.3) is 11.8 Å². The summed E-state index contributed by atoms with van der Waals surface area (Å²) >= 11 is 7.35. The van der Waals surface area contributed by atoms with Crippen molar-refractivity contribution in [2.45, 2.75) is 9.79 Å². The first kappa shape index (κ1) is 15.6. The number of carboxylic acids is 1. The predicted molar refractivity (Wildman–Crippen MR) is 85.4 cm³/mol. The van der Waals surface area contributed by atoms with Crippen LogP contribution in [0.5, 0.6) is 0 Å². The summed E-state index contributed by atoms with van der Waals surface area (Å²) < 4.78 is 0. The first-order valence-electron chi connectivity index (χ1n) is 6.56. The van der Waals surface area contributed by atoms with Crippen LogP contribution in [0.1, 0.15) is 31.1 Å². The highest BCUT2D eigenvalue weighted by Gasteiger charge is 2.33. The molecule has 7 heteroatoms. The normalized spacial score (nSPS) is 13.4. The lowest BCUT2D eigenvalue weighted by Crippen LogP contribution is -2.24. The molecule has 1 aliphatic heterocycles. The Bertz CT molecular complexity index is 865. The Morgan fingerprint density at radius 3 is 2.35 bits per heavy atom. The van der Waals surface area contributed by atoms with Crippen LogP contribution in [-0.4, -0.2) is 34.8 Å². The van der Waals surface area contributed by atoms with E-state index in [0.29, 0.717) is 14.8 Å². The van der Waals surface area contributed by atoms with Crippen molar-refractivity contribution >= 4 is 41.1 Å². The van der Waals surface area contributed by atoms with Crippen molar-refractivity contribution in [1.82, 2.24) is 4.90 Å². The summed E-state index contributed by atoms with van der Waals surface area (Å²) in [7, 11) is 1.41. The highest BCUT2D eigenvalue weighted by Crippen LogP contribution is 2.38. The first-order chi connectivity index (χ1) is 10.9. The lowest BCUT2D eigenvalue weighted by Gasteiger charge is -2.08. The summed E-state index contributed by atoms with van der Waals surface area (Å²) in [4.78, 5) is 37.3. The molecular weight excluding hydrogens is 338 g/mol. The van der Waals surface area contributed by atoms with Crippen LogP contribution < -0.4 is 0 Å². The molecule has 0 saturated carbocycles. The minimum atomic E-state index is -1.05. The molecule has 116 valence electrons. The fourth-order valence-corrected chi connectivity index (χ4v) is 3.55. The number of imide groups is 1. The molecule has 1 aliphatic rings. The second-order valence-corrected chi connectivity index (χ2v) is 6.39. The quantitative estimate of drug-likeness (QED) is 0.861. The molecule has 23 heavy (non-hydrogen) atoms. The molecule has 0 spiro atoms. The van der Waals surface area contributed by atoms with Gasteiger partial charge in [-0.25, -0.2) is 4.79 Å². The lowest BCUT2D eigenvalue weighted by atomic mass is 10.1. The summed E-state index contributed by atoms with van der Waals surface area (Å²) in [6, 6.07) is 9.50. The average molecular weight is 348 g/mol. The molecule has 0 aliphatic carbocycles. The molecule has 0 radical (unpaired) electrons. The maximum Gasteiger partial charge on any atom is 0.336 e. The van der Waals surface area contributed by atoms with Crippen molar-refractivity contribution < 1.29 is 19.5 Å². The van der Waals surface area contributed by atoms with E-state index in [0.717, 1.165) is 16.7 Å². The number of benzene rings is 2. The van der Waals surface area contributed by atoms with E-state index in [1.807, 2.05) is 0 Å². The van der Waals surface area contributed by atoms with E-state index < -0.39 is 17.8 Å². The maximum atomic E-state index is 12.1. The Hall–Kier alpha value is -2.31. The highest BCUT2D eigenvalue weighted by atomic mass is 35.5. The SMILES string of the molecule is CN1C(=O)c2cc(Cl)c(Sc3ccccc3C(=O)O)cc2C1=O. The summed E-state index contributed by atoms with van der Waals surface area (Å²) in [6.07, 6.45) is 0. The van der Waals surface area contributed by atoms with Gasteiger partial charge in [0.1, 0.15) is 0 Å². The number of fused-ring (bicyclic) bond motifs is 1. The van der Waals surface area contributed by atoms with Crippen LogP contribution in [0.2, 0.25) is 5.02 Å². The van der Waals surface area contributed by atoms with Gasteiger partial charge in [-0.2, -0.15) is 0 Å². The van der Waals surface area contributed by atoms with E-state index in [9.17, 15) is 19.5 Å². The number of hydrogen-bond donors (Lipinski definition) is 1. The van der Waals surface area contributed by atoms with Gasteiger partial charge in [-0.15, -0.1) is 0 Å². The van der Waals surface area contributed by atoms with Crippen LogP contribution in [0.3, 0.4) is 0 Å². The minimum Gasteiger partial charge on any atom is -0.478 e. The number of aromatic carboxylic acids is 1. The second kappa shape index (κ2) is 5.72. The molecule has 1 heterocycles. The van der Waals surface area contributed by atoms with Crippen molar-refractivity contribution in [3.8, 4) is 0 Å². The number of rotatable bonds is 3. The predicted octanol–water partition coefficient (Wildman–Crippen LogP) is 3.42. The molecule has 3 rings (SSSR count). The van der Waals surface area contributed by atoms with Gasteiger partial charge in [-0.05, 0) is 24.3 Å². The molecule has 0 saturated heterocycles. The fourth-order valence-electron chi connectivity index (χ4n) is 2.29. The van der Waals surface area contributed by atoms with Gasteiger partial charge in [0.15, 0.2) is 0 Å². The topological polar surface area (TPSA) is 74.7 Å². The highest BCUT2D eigenvalue weighted by molar-refractivity contribution is 7.99. The average Bonchev–Trinajstić information content (AvgIpc) is 2.73. The molecule has 0 fully saturated rings. The number of halogens is 1. The first-order valence-corrected chi connectivity index (χ1v) is 7.75. The molecule has 1 N–H and O–H groups in total. The molecule has 2 aromatic rings. The van der Waals surface area contributed by atoms with Gasteiger partial charge in [0, 0.05) is 16.8 Å². The monoisotopic (exact) mass is 347 g/mol. The van der Waals surface area contributed by atoms with Crippen molar-refractivity contribution in [3.63, 3.8) is 0 Å². The molecule has 0 atom stereocenters. The second-order valence-electron chi connectivity index (χ2n) is 4.90. The van der Waals surface area contributed by atoms with E-state index >= 15 is 0 Å². The lowest BCUT2D eigenvalue weighted by molar-refractivity contribution is 0.0680. The van der Waals surface area contributed by atoms with Gasteiger partial charge in [-0.1, -0.05) is 35.5 Å². The largest absolute Gasteiger partial charge is 0.478 e. The number of carbonyl (C=O) groups excluding carboxylic acids is 2. The van der Waals surface area contributed by atoms with Crippen molar-refractivity contribution in [1.29, 1.82) is 0 Å². The molecule has 0 aromatic heterocycles. The van der Waals surface area contributed by atoms with Crippen LogP contribution in [0.15, 0.2) is 46.2 Å². The van der Waals surface area contributed by atoms with E-state index in [1.54, 1.807) is 18.2 Å². The van der Waals surface area contributed by atoms with Crippen LogP contribution in [-0.2, 0) is 0 Å². The van der Waals surface area contributed by atoms with Crippen molar-refractivity contribution in [3.05, 3.63) is 58.1 Å². The summed E-state index contributed by atoms with van der Waals surface area (Å²) in [6.45, 7) is 0. The van der Waals surface area contributed by atoms with Crippen LogP contribution >= 0.6 is 23.4 Å². The third-order valence-electron chi connectivity index (χ3n) is 3.48. The smallest absolute Gasteiger partial charge is 0.336 e. The standard InChI is InChI=1S/C16H10ClNO4S/c1-18-14(19)9-6-11(17)13(7-10(9)15(18)20)23-12-5-3-2-4-8(12)16(21)22/h2-7H,1H3,(H,21,22). The number of carboxylic acid groups (broad SMARTS) is 1.